The molecule has 1 saturated heterocycles. The zero-order valence-electron chi connectivity index (χ0n) is 15.0. The summed E-state index contributed by atoms with van der Waals surface area (Å²) in [5.41, 5.74) is 0.401. The van der Waals surface area contributed by atoms with Gasteiger partial charge in [-0.15, -0.1) is 0 Å². The van der Waals surface area contributed by atoms with Crippen LogP contribution in [0.3, 0.4) is 0 Å². The molecule has 3 heterocycles. The molecule has 4 atom stereocenters. The van der Waals surface area contributed by atoms with Crippen LogP contribution in [0.25, 0.3) is 11.2 Å². The Bertz CT molecular complexity index is 828. The summed E-state index contributed by atoms with van der Waals surface area (Å²) in [6.45, 7) is 7.27. The van der Waals surface area contributed by atoms with Crippen LogP contribution in [0.1, 0.15) is 52.1 Å². The van der Waals surface area contributed by atoms with E-state index in [1.807, 2.05) is 0 Å². The molecule has 0 amide bonds. The highest BCUT2D eigenvalue weighted by molar-refractivity contribution is 5.69. The van der Waals surface area contributed by atoms with Crippen LogP contribution in [-0.2, 0) is 14.3 Å². The smallest absolute Gasteiger partial charge is 0.303 e. The Labute approximate surface area is 145 Å². The Morgan fingerprint density at radius 1 is 1.44 bits per heavy atom. The van der Waals surface area contributed by atoms with E-state index < -0.39 is 12.3 Å². The normalized spacial score (nSPS) is 26.2. The van der Waals surface area contributed by atoms with E-state index in [1.54, 1.807) is 11.5 Å². The van der Waals surface area contributed by atoms with Crippen molar-refractivity contribution >= 4 is 17.1 Å². The van der Waals surface area contributed by atoms with Crippen molar-refractivity contribution in [3.63, 3.8) is 0 Å². The monoisotopic (exact) mass is 348 g/mol. The summed E-state index contributed by atoms with van der Waals surface area (Å²) in [5, 5.41) is 0. The molecule has 0 spiro atoms. The Morgan fingerprint density at radius 2 is 2.20 bits per heavy atom. The van der Waals surface area contributed by atoms with Crippen LogP contribution in [0.15, 0.2) is 11.1 Å². The highest BCUT2D eigenvalue weighted by Gasteiger charge is 2.46. The van der Waals surface area contributed by atoms with Gasteiger partial charge in [0.2, 0.25) is 0 Å². The lowest BCUT2D eigenvalue weighted by molar-refractivity contribution is -0.153. The topological polar surface area (TPSA) is 99.1 Å². The predicted octanol–water partition coefficient (Wildman–Crippen LogP) is 2.08. The average Bonchev–Trinajstić information content (AvgIpc) is 3.09. The van der Waals surface area contributed by atoms with Gasteiger partial charge in [0.25, 0.3) is 5.56 Å². The first-order valence-corrected chi connectivity index (χ1v) is 8.72. The number of hydrogen-bond donors (Lipinski definition) is 1. The van der Waals surface area contributed by atoms with Gasteiger partial charge in [-0.25, -0.2) is 9.97 Å². The molecule has 1 N–H and O–H groups in total. The highest BCUT2D eigenvalue weighted by Crippen LogP contribution is 2.40. The number of nitrogens with one attached hydrogen (secondary N) is 1. The first-order valence-electron chi connectivity index (χ1n) is 8.72. The van der Waals surface area contributed by atoms with Crippen molar-refractivity contribution in [3.8, 4) is 0 Å². The van der Waals surface area contributed by atoms with Crippen molar-refractivity contribution in [3.05, 3.63) is 22.5 Å². The second-order valence-electron chi connectivity index (χ2n) is 6.48. The Hall–Kier alpha value is -2.22. The molecule has 0 aliphatic carbocycles. The molecule has 8 nitrogen and oxygen atoms in total. The van der Waals surface area contributed by atoms with E-state index in [0.29, 0.717) is 11.5 Å². The predicted molar refractivity (Wildman–Crippen MR) is 91.0 cm³/mol. The largest absolute Gasteiger partial charge is 0.457 e. The fourth-order valence-corrected chi connectivity index (χ4v) is 3.65. The van der Waals surface area contributed by atoms with Crippen molar-refractivity contribution in [2.24, 2.45) is 5.92 Å². The van der Waals surface area contributed by atoms with Gasteiger partial charge in [0, 0.05) is 12.8 Å². The number of H-pyrrole nitrogens is 1. The summed E-state index contributed by atoms with van der Waals surface area (Å²) in [7, 11) is 0. The van der Waals surface area contributed by atoms with Crippen LogP contribution in [0.2, 0.25) is 0 Å². The van der Waals surface area contributed by atoms with Gasteiger partial charge in [-0.2, -0.15) is 0 Å². The van der Waals surface area contributed by atoms with E-state index in [2.05, 4.69) is 28.8 Å². The van der Waals surface area contributed by atoms with Crippen LogP contribution >= 0.6 is 0 Å². The number of carbonyl (C=O) groups excluding carboxylic acids is 1. The lowest BCUT2D eigenvalue weighted by Gasteiger charge is -2.23. The Morgan fingerprint density at radius 3 is 2.84 bits per heavy atom. The lowest BCUT2D eigenvalue weighted by Crippen LogP contribution is -2.31. The number of esters is 1. The van der Waals surface area contributed by atoms with E-state index in [1.165, 1.54) is 13.3 Å². The van der Waals surface area contributed by atoms with Crippen LogP contribution in [0.5, 0.6) is 0 Å². The van der Waals surface area contributed by atoms with E-state index in [4.69, 9.17) is 9.47 Å². The molecule has 1 fully saturated rings. The number of aromatic nitrogens is 4. The molecule has 2 aromatic rings. The number of fused-ring (bicyclic) bond motifs is 1. The first kappa shape index (κ1) is 17.6. The molecule has 0 saturated carbocycles. The van der Waals surface area contributed by atoms with Gasteiger partial charge in [-0.05, 0) is 19.8 Å². The Kier molecular flexibility index (Phi) is 4.89. The van der Waals surface area contributed by atoms with Gasteiger partial charge < -0.3 is 14.5 Å². The quantitative estimate of drug-likeness (QED) is 0.831. The SMILES string of the molecule is CCCC1[C@@H](CC)O[C@@H](n2cnc3c(=O)[nH]c(C)nc32)[C@H]1OC(C)=O. The maximum Gasteiger partial charge on any atom is 0.303 e. The third-order valence-corrected chi connectivity index (χ3v) is 4.65. The fourth-order valence-electron chi connectivity index (χ4n) is 3.65. The van der Waals surface area contributed by atoms with Crippen molar-refractivity contribution in [1.82, 2.24) is 19.5 Å². The summed E-state index contributed by atoms with van der Waals surface area (Å²) in [6.07, 6.45) is 3.23. The second kappa shape index (κ2) is 6.95. The first-order chi connectivity index (χ1) is 12.0. The van der Waals surface area contributed by atoms with Gasteiger partial charge in [0.1, 0.15) is 5.82 Å². The van der Waals surface area contributed by atoms with Crippen molar-refractivity contribution in [1.29, 1.82) is 0 Å². The van der Waals surface area contributed by atoms with Gasteiger partial charge in [0.15, 0.2) is 23.5 Å². The minimum atomic E-state index is -0.538. The minimum absolute atomic E-state index is 0.0187. The minimum Gasteiger partial charge on any atom is -0.457 e. The summed E-state index contributed by atoms with van der Waals surface area (Å²) in [6, 6.07) is 0. The molecule has 0 radical (unpaired) electrons. The van der Waals surface area contributed by atoms with Crippen LogP contribution in [0.4, 0.5) is 0 Å². The summed E-state index contributed by atoms with van der Waals surface area (Å²) in [4.78, 5) is 35.0. The molecular formula is C17H24N4O4. The maximum absolute atomic E-state index is 12.1. The van der Waals surface area contributed by atoms with Gasteiger partial charge >= 0.3 is 5.97 Å². The average molecular weight is 348 g/mol. The number of ether oxygens (including phenoxy) is 2. The van der Waals surface area contributed by atoms with Crippen LogP contribution in [-0.4, -0.2) is 37.7 Å². The molecular weight excluding hydrogens is 324 g/mol. The van der Waals surface area contributed by atoms with Crippen molar-refractivity contribution in [2.45, 2.75) is 65.4 Å². The molecule has 136 valence electrons. The summed E-state index contributed by atoms with van der Waals surface area (Å²) >= 11 is 0. The number of aryl methyl sites for hydroxylation is 1. The third-order valence-electron chi connectivity index (χ3n) is 4.65. The number of rotatable bonds is 5. The Balaban J connectivity index is 2.07. The third kappa shape index (κ3) is 3.18. The summed E-state index contributed by atoms with van der Waals surface area (Å²) in [5.74, 6) is 0.255. The van der Waals surface area contributed by atoms with E-state index in [-0.39, 0.29) is 29.1 Å². The number of aromatic amines is 1. The number of nitrogens with zero attached hydrogens (tertiary/aromatic N) is 3. The summed E-state index contributed by atoms with van der Waals surface area (Å²) < 4.78 is 13.6. The lowest BCUT2D eigenvalue weighted by atomic mass is 9.91. The maximum atomic E-state index is 12.1. The standard InChI is InChI=1S/C17H24N4O4/c1-5-7-11-12(6-2)25-17(14(11)24-10(4)22)21-8-18-13-15(21)19-9(3)20-16(13)23/h8,11-12,14,17H,5-7H2,1-4H3,(H,19,20,23)/t11?,12-,14+,17-/m1/s1. The van der Waals surface area contributed by atoms with Crippen LogP contribution < -0.4 is 5.56 Å². The van der Waals surface area contributed by atoms with Gasteiger partial charge in [0.05, 0.1) is 12.4 Å². The van der Waals surface area contributed by atoms with E-state index in [0.717, 1.165) is 19.3 Å². The van der Waals surface area contributed by atoms with Crippen molar-refractivity contribution < 1.29 is 14.3 Å². The molecule has 1 unspecified atom stereocenters. The number of carbonyl (C=O) groups is 1. The number of imidazole rings is 1. The molecule has 8 heteroatoms. The molecule has 3 rings (SSSR count). The van der Waals surface area contributed by atoms with E-state index in [9.17, 15) is 9.59 Å². The molecule has 1 aliphatic rings. The van der Waals surface area contributed by atoms with Gasteiger partial charge in [-0.3, -0.25) is 14.2 Å². The number of hydrogen-bond acceptors (Lipinski definition) is 6. The van der Waals surface area contributed by atoms with Crippen molar-refractivity contribution in [2.75, 3.05) is 0 Å². The van der Waals surface area contributed by atoms with Gasteiger partial charge in [-0.1, -0.05) is 20.3 Å². The fraction of sp³-hybridized carbons (Fsp3) is 0.647. The zero-order valence-corrected chi connectivity index (χ0v) is 15.0. The molecule has 0 aromatic carbocycles. The van der Waals surface area contributed by atoms with E-state index >= 15 is 0 Å². The highest BCUT2D eigenvalue weighted by atomic mass is 16.6. The second-order valence-corrected chi connectivity index (χ2v) is 6.48. The molecule has 2 aromatic heterocycles. The zero-order chi connectivity index (χ0) is 18.1. The molecule has 25 heavy (non-hydrogen) atoms. The molecule has 0 bridgehead atoms. The molecule has 1 aliphatic heterocycles. The van der Waals surface area contributed by atoms with Crippen LogP contribution in [0, 0.1) is 12.8 Å².